The van der Waals surface area contributed by atoms with Gasteiger partial charge in [0.05, 0.1) is 11.4 Å². The van der Waals surface area contributed by atoms with Gasteiger partial charge in [0, 0.05) is 19.0 Å². The van der Waals surface area contributed by atoms with E-state index in [4.69, 9.17) is 4.74 Å². The molecule has 0 spiro atoms. The molecule has 0 saturated carbocycles. The Morgan fingerprint density at radius 3 is 2.71 bits per heavy atom. The van der Waals surface area contributed by atoms with Gasteiger partial charge in [0.1, 0.15) is 5.75 Å². The van der Waals surface area contributed by atoms with Crippen LogP contribution in [0.15, 0.2) is 40.9 Å². The predicted octanol–water partition coefficient (Wildman–Crippen LogP) is 6.21. The van der Waals surface area contributed by atoms with Gasteiger partial charge < -0.3 is 4.74 Å². The van der Waals surface area contributed by atoms with Crippen molar-refractivity contribution in [3.05, 3.63) is 61.1 Å². The molecule has 2 aromatic rings. The van der Waals surface area contributed by atoms with E-state index < -0.39 is 0 Å². The third-order valence-corrected chi connectivity index (χ3v) is 6.34. The molecule has 1 heterocycles. The van der Waals surface area contributed by atoms with E-state index in [0.29, 0.717) is 0 Å². The quantitative estimate of drug-likeness (QED) is 0.337. The van der Waals surface area contributed by atoms with Crippen molar-refractivity contribution in [2.75, 3.05) is 6.61 Å². The number of benzene rings is 2. The molecule has 1 atom stereocenters. The molecule has 0 amide bonds. The first-order chi connectivity index (χ1) is 9.88. The van der Waals surface area contributed by atoms with Gasteiger partial charge in [-0.05, 0) is 64.0 Å². The van der Waals surface area contributed by atoms with Gasteiger partial charge in [-0.25, -0.2) is 0 Å². The summed E-state index contributed by atoms with van der Waals surface area (Å²) in [7, 11) is 0. The highest BCUT2D eigenvalue weighted by molar-refractivity contribution is 14.1. The zero-order chi connectivity index (χ0) is 15.2. The maximum absolute atomic E-state index is 5.77. The second kappa shape index (κ2) is 5.85. The third kappa shape index (κ3) is 3.04. The molecule has 4 heteroatoms. The first kappa shape index (κ1) is 15.8. The molecule has 0 aliphatic carbocycles. The summed E-state index contributed by atoms with van der Waals surface area (Å²) in [6.45, 7) is 5.22. The molecule has 1 aliphatic rings. The van der Waals surface area contributed by atoms with Gasteiger partial charge in [-0.15, -0.1) is 0 Å². The Balaban J connectivity index is 2.03. The Morgan fingerprint density at radius 1 is 1.19 bits per heavy atom. The monoisotopic (exact) mass is 520 g/mol. The van der Waals surface area contributed by atoms with Crippen LogP contribution in [0.3, 0.4) is 0 Å². The van der Waals surface area contributed by atoms with E-state index in [-0.39, 0.29) is 10.2 Å². The predicted molar refractivity (Wildman–Crippen MR) is 103 cm³/mol. The lowest BCUT2D eigenvalue weighted by Crippen LogP contribution is -2.18. The molecule has 1 aliphatic heterocycles. The summed E-state index contributed by atoms with van der Waals surface area (Å²) < 4.78 is 8.13. The zero-order valence-corrected chi connectivity index (χ0v) is 17.1. The van der Waals surface area contributed by atoms with Crippen molar-refractivity contribution < 1.29 is 4.74 Å². The van der Waals surface area contributed by atoms with Crippen molar-refractivity contribution >= 4 is 54.5 Å². The summed E-state index contributed by atoms with van der Waals surface area (Å²) in [5.41, 5.74) is 3.93. The molecule has 21 heavy (non-hydrogen) atoms. The number of halogens is 3. The number of fused-ring (bicyclic) bond motifs is 1. The Morgan fingerprint density at radius 2 is 1.95 bits per heavy atom. The number of rotatable bonds is 2. The average Bonchev–Trinajstić information content (AvgIpc) is 2.76. The minimum atomic E-state index is 0.0858. The van der Waals surface area contributed by atoms with Crippen molar-refractivity contribution in [1.29, 1.82) is 0 Å². The van der Waals surface area contributed by atoms with Crippen LogP contribution in [0.1, 0.15) is 35.4 Å². The molecular formula is C17H15Br2IO. The van der Waals surface area contributed by atoms with E-state index >= 15 is 0 Å². The van der Waals surface area contributed by atoms with Gasteiger partial charge in [-0.3, -0.25) is 0 Å². The lowest BCUT2D eigenvalue weighted by atomic mass is 9.85. The molecule has 0 fully saturated rings. The van der Waals surface area contributed by atoms with Crippen molar-refractivity contribution in [2.24, 2.45) is 0 Å². The topological polar surface area (TPSA) is 9.23 Å². The normalized spacial score (nSPS) is 17.2. The van der Waals surface area contributed by atoms with E-state index in [0.717, 1.165) is 16.8 Å². The Labute approximate surface area is 155 Å². The second-order valence-electron chi connectivity index (χ2n) is 5.96. The summed E-state index contributed by atoms with van der Waals surface area (Å²) in [5.74, 6) is 1.02. The molecule has 1 unspecified atom stereocenters. The average molecular weight is 522 g/mol. The molecule has 0 bridgehead atoms. The molecule has 0 radical (unpaired) electrons. The number of ether oxygens (including phenoxy) is 1. The van der Waals surface area contributed by atoms with Gasteiger partial charge in [0.2, 0.25) is 0 Å². The first-order valence-corrected chi connectivity index (χ1v) is 9.53. The lowest BCUT2D eigenvalue weighted by molar-refractivity contribution is 0.291. The summed E-state index contributed by atoms with van der Waals surface area (Å²) in [4.78, 5) is 0.184. The van der Waals surface area contributed by atoms with Crippen LogP contribution in [-0.2, 0) is 5.41 Å². The van der Waals surface area contributed by atoms with Gasteiger partial charge in [0.25, 0.3) is 0 Å². The minimum absolute atomic E-state index is 0.0858. The van der Waals surface area contributed by atoms with E-state index in [9.17, 15) is 0 Å². The SMILES string of the molecule is CC1(C)COc2ccc(C(Br)c3cc(Br)ccc3I)cc21. The molecule has 2 aromatic carbocycles. The molecule has 3 rings (SSSR count). The maximum atomic E-state index is 5.77. The highest BCUT2D eigenvalue weighted by atomic mass is 127. The Kier molecular flexibility index (Phi) is 4.41. The molecular weight excluding hydrogens is 507 g/mol. The molecule has 0 N–H and O–H groups in total. The van der Waals surface area contributed by atoms with E-state index in [2.05, 4.69) is 105 Å². The van der Waals surface area contributed by atoms with Gasteiger partial charge in [-0.2, -0.15) is 0 Å². The third-order valence-electron chi connectivity index (χ3n) is 3.85. The number of hydrogen-bond donors (Lipinski definition) is 0. The lowest BCUT2D eigenvalue weighted by Gasteiger charge is -2.18. The number of hydrogen-bond acceptors (Lipinski definition) is 1. The fourth-order valence-electron chi connectivity index (χ4n) is 2.58. The van der Waals surface area contributed by atoms with Crippen molar-refractivity contribution in [3.63, 3.8) is 0 Å². The molecule has 0 aromatic heterocycles. The highest BCUT2D eigenvalue weighted by Crippen LogP contribution is 2.42. The first-order valence-electron chi connectivity index (χ1n) is 6.75. The van der Waals surface area contributed by atoms with E-state index in [1.807, 2.05) is 0 Å². The second-order valence-corrected chi connectivity index (χ2v) is 8.95. The Bertz CT molecular complexity index is 697. The number of alkyl halides is 1. The molecule has 1 nitrogen and oxygen atoms in total. The smallest absolute Gasteiger partial charge is 0.123 e. The minimum Gasteiger partial charge on any atom is -0.492 e. The standard InChI is InChI=1S/C17H15Br2IO/c1-17(2)9-21-15-6-3-10(7-13(15)17)16(19)12-8-11(18)4-5-14(12)20/h3-8,16H,9H2,1-2H3. The van der Waals surface area contributed by atoms with Gasteiger partial charge >= 0.3 is 0 Å². The summed E-state index contributed by atoms with van der Waals surface area (Å²) >= 11 is 9.81. The van der Waals surface area contributed by atoms with Crippen molar-refractivity contribution in [1.82, 2.24) is 0 Å². The van der Waals surface area contributed by atoms with E-state index in [1.165, 1.54) is 20.3 Å². The maximum Gasteiger partial charge on any atom is 0.123 e. The molecule has 110 valence electrons. The summed E-state index contributed by atoms with van der Waals surface area (Å²) in [6, 6.07) is 12.9. The van der Waals surface area contributed by atoms with Crippen LogP contribution >= 0.6 is 54.5 Å². The zero-order valence-electron chi connectivity index (χ0n) is 11.8. The Hall–Kier alpha value is -0.0700. The van der Waals surface area contributed by atoms with Crippen LogP contribution < -0.4 is 4.74 Å². The van der Waals surface area contributed by atoms with Crippen LogP contribution in [0.5, 0.6) is 5.75 Å². The summed E-state index contributed by atoms with van der Waals surface area (Å²) in [6.07, 6.45) is 0. The van der Waals surface area contributed by atoms with Crippen molar-refractivity contribution in [3.8, 4) is 5.75 Å². The van der Waals surface area contributed by atoms with E-state index in [1.54, 1.807) is 0 Å². The van der Waals surface area contributed by atoms with Crippen LogP contribution in [0.4, 0.5) is 0 Å². The molecule has 0 saturated heterocycles. The van der Waals surface area contributed by atoms with Crippen LogP contribution in [0, 0.1) is 3.57 Å². The van der Waals surface area contributed by atoms with Crippen LogP contribution in [-0.4, -0.2) is 6.61 Å². The van der Waals surface area contributed by atoms with Gasteiger partial charge in [-0.1, -0.05) is 51.8 Å². The fourth-order valence-corrected chi connectivity index (χ4v) is 4.70. The highest BCUT2D eigenvalue weighted by Gasteiger charge is 2.32. The summed E-state index contributed by atoms with van der Waals surface area (Å²) in [5, 5.41) is 0. The largest absolute Gasteiger partial charge is 0.492 e. The van der Waals surface area contributed by atoms with Gasteiger partial charge in [0.15, 0.2) is 0 Å². The van der Waals surface area contributed by atoms with Crippen molar-refractivity contribution in [2.45, 2.75) is 24.1 Å². The van der Waals surface area contributed by atoms with Crippen LogP contribution in [0.2, 0.25) is 0 Å². The van der Waals surface area contributed by atoms with Crippen LogP contribution in [0.25, 0.3) is 0 Å². The fraction of sp³-hybridized carbons (Fsp3) is 0.294.